The molecule has 3 rings (SSSR count). The number of aromatic nitrogens is 3. The van der Waals surface area contributed by atoms with Crippen LogP contribution in [-0.4, -0.2) is 21.1 Å². The van der Waals surface area contributed by atoms with E-state index in [9.17, 15) is 4.79 Å². The van der Waals surface area contributed by atoms with Gasteiger partial charge in [0.1, 0.15) is 11.4 Å². The van der Waals surface area contributed by atoms with Crippen molar-refractivity contribution in [3.63, 3.8) is 0 Å². The van der Waals surface area contributed by atoms with Gasteiger partial charge in [-0.25, -0.2) is 0 Å². The third kappa shape index (κ3) is 3.77. The zero-order chi connectivity index (χ0) is 17.8. The molecule has 0 spiro atoms. The fourth-order valence-corrected chi connectivity index (χ4v) is 2.48. The van der Waals surface area contributed by atoms with Gasteiger partial charge in [-0.05, 0) is 42.7 Å². The molecular formula is C18H20N6O. The van der Waals surface area contributed by atoms with Gasteiger partial charge in [-0.2, -0.15) is 5.10 Å². The largest absolute Gasteiger partial charge is 0.366 e. The number of benzene rings is 1. The normalized spacial score (nSPS) is 10.5. The van der Waals surface area contributed by atoms with Crippen LogP contribution in [-0.2, 0) is 6.54 Å². The summed E-state index contributed by atoms with van der Waals surface area (Å²) in [6, 6.07) is 9.85. The zero-order valence-electron chi connectivity index (χ0n) is 14.1. The number of amides is 1. The lowest BCUT2D eigenvalue weighted by atomic mass is 10.1. The number of aromatic amines is 1. The predicted octanol–water partition coefficient (Wildman–Crippen LogP) is 2.88. The van der Waals surface area contributed by atoms with E-state index in [4.69, 9.17) is 5.73 Å². The van der Waals surface area contributed by atoms with E-state index >= 15 is 0 Å². The summed E-state index contributed by atoms with van der Waals surface area (Å²) in [5.41, 5.74) is 10.1. The topological polar surface area (TPSA) is 109 Å². The van der Waals surface area contributed by atoms with Crippen LogP contribution in [0.25, 0.3) is 0 Å². The quantitative estimate of drug-likeness (QED) is 0.553. The smallest absolute Gasteiger partial charge is 0.256 e. The molecule has 0 atom stereocenters. The van der Waals surface area contributed by atoms with Crippen LogP contribution in [0, 0.1) is 13.8 Å². The highest BCUT2D eigenvalue weighted by Crippen LogP contribution is 2.24. The molecule has 0 fully saturated rings. The molecular weight excluding hydrogens is 316 g/mol. The minimum absolute atomic E-state index is 0.285. The first-order valence-electron chi connectivity index (χ1n) is 7.90. The van der Waals surface area contributed by atoms with Crippen LogP contribution in [0.4, 0.5) is 17.3 Å². The van der Waals surface area contributed by atoms with Crippen LogP contribution < -0.4 is 16.4 Å². The van der Waals surface area contributed by atoms with Crippen molar-refractivity contribution in [2.24, 2.45) is 5.73 Å². The lowest BCUT2D eigenvalue weighted by Crippen LogP contribution is -2.15. The van der Waals surface area contributed by atoms with E-state index in [1.54, 1.807) is 18.5 Å². The summed E-state index contributed by atoms with van der Waals surface area (Å²) < 4.78 is 0. The van der Waals surface area contributed by atoms with Gasteiger partial charge in [0.2, 0.25) is 0 Å². The first-order chi connectivity index (χ1) is 12.0. The van der Waals surface area contributed by atoms with Crippen molar-refractivity contribution in [1.29, 1.82) is 0 Å². The number of primary amides is 1. The average molecular weight is 336 g/mol. The number of hydrogen-bond acceptors (Lipinski definition) is 5. The lowest BCUT2D eigenvalue weighted by Gasteiger charge is -2.08. The number of nitrogens with one attached hydrogen (secondary N) is 3. The Bertz CT molecular complexity index is 888. The van der Waals surface area contributed by atoms with Crippen LogP contribution in [0.1, 0.15) is 27.0 Å². The van der Waals surface area contributed by atoms with Crippen molar-refractivity contribution < 1.29 is 4.79 Å². The lowest BCUT2D eigenvalue weighted by molar-refractivity contribution is 0.100. The van der Waals surface area contributed by atoms with Gasteiger partial charge in [0.25, 0.3) is 5.91 Å². The van der Waals surface area contributed by atoms with Crippen molar-refractivity contribution in [2.45, 2.75) is 20.4 Å². The first kappa shape index (κ1) is 16.5. The standard InChI is InChI=1S/C18H20N6O/c1-11-5-6-13(8-12(11)2)9-21-17-15(16(19)25)18(24-23-17)22-14-4-3-7-20-10-14/h3-8,10H,9H2,1-2H3,(H2,19,25)(H3,21,22,23,24). The van der Waals surface area contributed by atoms with Crippen LogP contribution in [0.3, 0.4) is 0 Å². The van der Waals surface area contributed by atoms with Gasteiger partial charge >= 0.3 is 0 Å². The molecule has 3 aromatic rings. The molecule has 25 heavy (non-hydrogen) atoms. The number of nitrogens with two attached hydrogens (primary N) is 1. The SMILES string of the molecule is Cc1ccc(CNc2[nH]nc(Nc3cccnc3)c2C(N)=O)cc1C. The molecule has 1 amide bonds. The Labute approximate surface area is 145 Å². The molecule has 1 aromatic carbocycles. The van der Waals surface area contributed by atoms with Gasteiger partial charge in [-0.3, -0.25) is 14.9 Å². The number of carbonyl (C=O) groups is 1. The zero-order valence-corrected chi connectivity index (χ0v) is 14.1. The summed E-state index contributed by atoms with van der Waals surface area (Å²) in [7, 11) is 0. The van der Waals surface area contributed by atoms with Gasteiger partial charge in [0, 0.05) is 12.7 Å². The number of aryl methyl sites for hydroxylation is 2. The number of H-pyrrole nitrogens is 1. The molecule has 2 aromatic heterocycles. The highest BCUT2D eigenvalue weighted by atomic mass is 16.1. The summed E-state index contributed by atoms with van der Waals surface area (Å²) in [6.45, 7) is 4.69. The highest BCUT2D eigenvalue weighted by molar-refractivity contribution is 6.03. The van der Waals surface area contributed by atoms with Crippen molar-refractivity contribution in [1.82, 2.24) is 15.2 Å². The maximum absolute atomic E-state index is 11.9. The van der Waals surface area contributed by atoms with Crippen LogP contribution in [0.2, 0.25) is 0 Å². The second kappa shape index (κ2) is 7.04. The number of anilines is 3. The predicted molar refractivity (Wildman–Crippen MR) is 97.9 cm³/mol. The number of pyridine rings is 1. The molecule has 7 heteroatoms. The van der Waals surface area contributed by atoms with E-state index in [-0.39, 0.29) is 5.56 Å². The van der Waals surface area contributed by atoms with E-state index in [1.165, 1.54) is 11.1 Å². The Morgan fingerprint density at radius 1 is 1.24 bits per heavy atom. The van der Waals surface area contributed by atoms with E-state index in [0.29, 0.717) is 18.2 Å². The Morgan fingerprint density at radius 2 is 2.08 bits per heavy atom. The van der Waals surface area contributed by atoms with E-state index in [0.717, 1.165) is 11.3 Å². The summed E-state index contributed by atoms with van der Waals surface area (Å²) >= 11 is 0. The van der Waals surface area contributed by atoms with Crippen molar-refractivity contribution in [3.8, 4) is 0 Å². The van der Waals surface area contributed by atoms with Crippen molar-refractivity contribution in [3.05, 3.63) is 65.0 Å². The second-order valence-corrected chi connectivity index (χ2v) is 5.83. The molecule has 7 nitrogen and oxygen atoms in total. The Balaban J connectivity index is 1.79. The van der Waals surface area contributed by atoms with E-state index < -0.39 is 5.91 Å². The summed E-state index contributed by atoms with van der Waals surface area (Å²) in [5.74, 6) is 0.280. The highest BCUT2D eigenvalue weighted by Gasteiger charge is 2.18. The summed E-state index contributed by atoms with van der Waals surface area (Å²) in [4.78, 5) is 15.9. The third-order valence-corrected chi connectivity index (χ3v) is 3.98. The Hall–Kier alpha value is -3.35. The molecule has 2 heterocycles. The minimum Gasteiger partial charge on any atom is -0.366 e. The monoisotopic (exact) mass is 336 g/mol. The summed E-state index contributed by atoms with van der Waals surface area (Å²) in [5, 5.41) is 13.2. The molecule has 0 aliphatic heterocycles. The number of rotatable bonds is 6. The molecule has 0 unspecified atom stereocenters. The van der Waals surface area contributed by atoms with Gasteiger partial charge in [-0.1, -0.05) is 18.2 Å². The number of carbonyl (C=O) groups excluding carboxylic acids is 1. The van der Waals surface area contributed by atoms with Crippen LogP contribution in [0.15, 0.2) is 42.7 Å². The Morgan fingerprint density at radius 3 is 2.76 bits per heavy atom. The van der Waals surface area contributed by atoms with Gasteiger partial charge in [-0.15, -0.1) is 0 Å². The minimum atomic E-state index is -0.567. The second-order valence-electron chi connectivity index (χ2n) is 5.83. The van der Waals surface area contributed by atoms with Crippen LogP contribution >= 0.6 is 0 Å². The van der Waals surface area contributed by atoms with Gasteiger partial charge in [0.05, 0.1) is 11.9 Å². The van der Waals surface area contributed by atoms with Gasteiger partial charge in [0.15, 0.2) is 5.82 Å². The maximum Gasteiger partial charge on any atom is 0.256 e. The molecule has 0 aliphatic rings. The number of hydrogen-bond donors (Lipinski definition) is 4. The van der Waals surface area contributed by atoms with Crippen molar-refractivity contribution in [2.75, 3.05) is 10.6 Å². The molecule has 5 N–H and O–H groups in total. The fraction of sp³-hybridized carbons (Fsp3) is 0.167. The average Bonchev–Trinajstić information content (AvgIpc) is 2.99. The number of nitrogens with zero attached hydrogens (tertiary/aromatic N) is 2. The molecule has 0 bridgehead atoms. The first-order valence-corrected chi connectivity index (χ1v) is 7.90. The maximum atomic E-state index is 11.9. The molecule has 0 saturated carbocycles. The fourth-order valence-electron chi connectivity index (χ4n) is 2.48. The summed E-state index contributed by atoms with van der Waals surface area (Å²) in [6.07, 6.45) is 3.31. The third-order valence-electron chi connectivity index (χ3n) is 3.98. The Kier molecular flexibility index (Phi) is 4.65. The molecule has 0 aliphatic carbocycles. The molecule has 0 radical (unpaired) electrons. The van der Waals surface area contributed by atoms with Crippen molar-refractivity contribution >= 4 is 23.2 Å². The van der Waals surface area contributed by atoms with E-state index in [2.05, 4.69) is 51.8 Å². The van der Waals surface area contributed by atoms with E-state index in [1.807, 2.05) is 12.1 Å². The van der Waals surface area contributed by atoms with Gasteiger partial charge < -0.3 is 16.4 Å². The molecule has 128 valence electrons. The van der Waals surface area contributed by atoms with Crippen LogP contribution in [0.5, 0.6) is 0 Å². The molecule has 0 saturated heterocycles.